The van der Waals surface area contributed by atoms with Crippen LogP contribution in [0.4, 0.5) is 0 Å². The maximum atomic E-state index is 12.8. The third-order valence-electron chi connectivity index (χ3n) is 3.88. The van der Waals surface area contributed by atoms with Crippen LogP contribution in [0.5, 0.6) is 0 Å². The van der Waals surface area contributed by atoms with Crippen LogP contribution < -0.4 is 5.43 Å². The SMILES string of the molecule is Cc1ccc(C(=O)NN(C(=O)c2ccccc2)C(C)(C)C)cc1C. The van der Waals surface area contributed by atoms with Gasteiger partial charge in [0, 0.05) is 11.1 Å². The number of hydrazine groups is 1. The first kappa shape index (κ1) is 17.7. The molecule has 0 aliphatic carbocycles. The molecule has 0 saturated heterocycles. The Balaban J connectivity index is 2.28. The number of carbonyl (C=O) groups excluding carboxylic acids is 2. The van der Waals surface area contributed by atoms with E-state index in [9.17, 15) is 9.59 Å². The molecule has 0 atom stereocenters. The van der Waals surface area contributed by atoms with Crippen LogP contribution in [0, 0.1) is 13.8 Å². The van der Waals surface area contributed by atoms with Crippen molar-refractivity contribution in [3.63, 3.8) is 0 Å². The third-order valence-corrected chi connectivity index (χ3v) is 3.88. The lowest BCUT2D eigenvalue weighted by Crippen LogP contribution is -2.55. The van der Waals surface area contributed by atoms with Gasteiger partial charge in [-0.15, -0.1) is 0 Å². The van der Waals surface area contributed by atoms with Crippen molar-refractivity contribution in [1.82, 2.24) is 10.4 Å². The summed E-state index contributed by atoms with van der Waals surface area (Å²) in [6, 6.07) is 14.4. The van der Waals surface area contributed by atoms with Crippen LogP contribution in [0.15, 0.2) is 48.5 Å². The minimum atomic E-state index is -0.553. The fraction of sp³-hybridized carbons (Fsp3) is 0.300. The molecule has 0 unspecified atom stereocenters. The molecule has 2 rings (SSSR count). The predicted octanol–water partition coefficient (Wildman–Crippen LogP) is 3.89. The van der Waals surface area contributed by atoms with Gasteiger partial charge in [0.05, 0.1) is 5.54 Å². The lowest BCUT2D eigenvalue weighted by molar-refractivity contribution is 0.0358. The van der Waals surface area contributed by atoms with Gasteiger partial charge in [-0.25, -0.2) is 5.01 Å². The van der Waals surface area contributed by atoms with Crippen molar-refractivity contribution >= 4 is 11.8 Å². The van der Waals surface area contributed by atoms with Crippen LogP contribution in [0.1, 0.15) is 52.6 Å². The maximum absolute atomic E-state index is 12.8. The summed E-state index contributed by atoms with van der Waals surface area (Å²) in [6.07, 6.45) is 0. The molecule has 4 heteroatoms. The highest BCUT2D eigenvalue weighted by molar-refractivity contribution is 5.99. The van der Waals surface area contributed by atoms with Crippen molar-refractivity contribution in [2.24, 2.45) is 0 Å². The number of nitrogens with zero attached hydrogens (tertiary/aromatic N) is 1. The van der Waals surface area contributed by atoms with Crippen molar-refractivity contribution in [3.05, 3.63) is 70.8 Å². The highest BCUT2D eigenvalue weighted by Gasteiger charge is 2.29. The highest BCUT2D eigenvalue weighted by atomic mass is 16.2. The molecule has 0 aromatic heterocycles. The number of nitrogens with one attached hydrogen (secondary N) is 1. The average Bonchev–Trinajstić information content (AvgIpc) is 2.54. The molecule has 0 saturated carbocycles. The largest absolute Gasteiger partial charge is 0.272 e. The molecule has 0 fully saturated rings. The molecule has 0 aliphatic heterocycles. The molecular formula is C20H24N2O2. The lowest BCUT2D eigenvalue weighted by atomic mass is 10.1. The summed E-state index contributed by atoms with van der Waals surface area (Å²) in [6.45, 7) is 9.61. The molecule has 0 spiro atoms. The normalized spacial score (nSPS) is 11.0. The predicted molar refractivity (Wildman–Crippen MR) is 95.7 cm³/mol. The Morgan fingerprint density at radius 2 is 1.50 bits per heavy atom. The Labute approximate surface area is 143 Å². The van der Waals surface area contributed by atoms with Gasteiger partial charge in [-0.1, -0.05) is 24.3 Å². The summed E-state index contributed by atoms with van der Waals surface area (Å²) in [7, 11) is 0. The molecule has 1 N–H and O–H groups in total. The van der Waals surface area contributed by atoms with E-state index >= 15 is 0 Å². The van der Waals surface area contributed by atoms with Crippen LogP contribution in [0.25, 0.3) is 0 Å². The summed E-state index contributed by atoms with van der Waals surface area (Å²) in [5, 5.41) is 1.39. The van der Waals surface area contributed by atoms with Gasteiger partial charge in [-0.05, 0) is 70.0 Å². The molecule has 4 nitrogen and oxygen atoms in total. The molecule has 0 bridgehead atoms. The quantitative estimate of drug-likeness (QED) is 0.852. The van der Waals surface area contributed by atoms with E-state index in [0.717, 1.165) is 11.1 Å². The van der Waals surface area contributed by atoms with E-state index in [-0.39, 0.29) is 11.8 Å². The third kappa shape index (κ3) is 4.02. The molecule has 0 heterocycles. The minimum absolute atomic E-state index is 0.236. The topological polar surface area (TPSA) is 49.4 Å². The number of carbonyl (C=O) groups is 2. The number of hydrogen-bond acceptors (Lipinski definition) is 2. The van der Waals surface area contributed by atoms with Crippen LogP contribution in [-0.2, 0) is 0 Å². The van der Waals surface area contributed by atoms with E-state index in [0.29, 0.717) is 11.1 Å². The van der Waals surface area contributed by atoms with Gasteiger partial charge >= 0.3 is 0 Å². The summed E-state index contributed by atoms with van der Waals surface area (Å²) in [4.78, 5) is 25.4. The summed E-state index contributed by atoms with van der Waals surface area (Å²) < 4.78 is 0. The number of hydrogen-bond donors (Lipinski definition) is 1. The number of amides is 2. The van der Waals surface area contributed by atoms with Crippen molar-refractivity contribution in [1.29, 1.82) is 0 Å². The van der Waals surface area contributed by atoms with Crippen molar-refractivity contribution < 1.29 is 9.59 Å². The first-order valence-corrected chi connectivity index (χ1v) is 7.98. The van der Waals surface area contributed by atoms with E-state index < -0.39 is 5.54 Å². The second-order valence-corrected chi connectivity index (χ2v) is 6.92. The molecule has 0 radical (unpaired) electrons. The zero-order chi connectivity index (χ0) is 17.9. The Hall–Kier alpha value is -2.62. The van der Waals surface area contributed by atoms with Gasteiger partial charge in [-0.3, -0.25) is 15.0 Å². The zero-order valence-electron chi connectivity index (χ0n) is 14.9. The molecule has 24 heavy (non-hydrogen) atoms. The fourth-order valence-electron chi connectivity index (χ4n) is 2.28. The standard InChI is InChI=1S/C20H24N2O2/c1-14-11-12-17(13-15(14)2)18(23)21-22(20(3,4)5)19(24)16-9-7-6-8-10-16/h6-13H,1-5H3,(H,21,23). The first-order valence-electron chi connectivity index (χ1n) is 7.98. The smallest absolute Gasteiger partial charge is 0.267 e. The Morgan fingerprint density at radius 3 is 2.04 bits per heavy atom. The van der Waals surface area contributed by atoms with Crippen molar-refractivity contribution in [2.75, 3.05) is 0 Å². The second-order valence-electron chi connectivity index (χ2n) is 6.92. The van der Waals surface area contributed by atoms with Crippen LogP contribution in [-0.4, -0.2) is 22.4 Å². The highest BCUT2D eigenvalue weighted by Crippen LogP contribution is 2.16. The van der Waals surface area contributed by atoms with E-state index in [1.807, 2.05) is 52.8 Å². The van der Waals surface area contributed by atoms with Gasteiger partial charge in [0.2, 0.25) is 0 Å². The van der Waals surface area contributed by atoms with Crippen LogP contribution in [0.2, 0.25) is 0 Å². The Kier molecular flexibility index (Phi) is 5.07. The summed E-state index contributed by atoms with van der Waals surface area (Å²) in [5.74, 6) is -0.530. The molecule has 2 aromatic rings. The molecule has 2 amide bonds. The summed E-state index contributed by atoms with van der Waals surface area (Å²) in [5.41, 5.74) is 5.45. The van der Waals surface area contributed by atoms with E-state index in [4.69, 9.17) is 0 Å². The van der Waals surface area contributed by atoms with E-state index in [1.165, 1.54) is 5.01 Å². The maximum Gasteiger partial charge on any atom is 0.272 e. The van der Waals surface area contributed by atoms with Gasteiger partial charge in [0.1, 0.15) is 0 Å². The number of rotatable bonds is 2. The van der Waals surface area contributed by atoms with Gasteiger partial charge in [-0.2, -0.15) is 0 Å². The van der Waals surface area contributed by atoms with Gasteiger partial charge in [0.25, 0.3) is 11.8 Å². The van der Waals surface area contributed by atoms with Crippen LogP contribution in [0.3, 0.4) is 0 Å². The summed E-state index contributed by atoms with van der Waals surface area (Å²) >= 11 is 0. The average molecular weight is 324 g/mol. The van der Waals surface area contributed by atoms with Crippen LogP contribution >= 0.6 is 0 Å². The second kappa shape index (κ2) is 6.87. The molecule has 0 aliphatic rings. The first-order chi connectivity index (χ1) is 11.2. The van der Waals surface area contributed by atoms with Gasteiger partial charge in [0.15, 0.2) is 0 Å². The lowest BCUT2D eigenvalue weighted by Gasteiger charge is -2.35. The van der Waals surface area contributed by atoms with Gasteiger partial charge < -0.3 is 0 Å². The number of benzene rings is 2. The minimum Gasteiger partial charge on any atom is -0.267 e. The fourth-order valence-corrected chi connectivity index (χ4v) is 2.28. The van der Waals surface area contributed by atoms with Crippen molar-refractivity contribution in [2.45, 2.75) is 40.2 Å². The molecular weight excluding hydrogens is 300 g/mol. The monoisotopic (exact) mass is 324 g/mol. The Morgan fingerprint density at radius 1 is 0.875 bits per heavy atom. The van der Waals surface area contributed by atoms with Crippen molar-refractivity contribution in [3.8, 4) is 0 Å². The van der Waals surface area contributed by atoms with E-state index in [2.05, 4.69) is 5.43 Å². The molecule has 2 aromatic carbocycles. The van der Waals surface area contributed by atoms with E-state index in [1.54, 1.807) is 30.3 Å². The number of aryl methyl sites for hydroxylation is 2. The Bertz CT molecular complexity index is 746. The zero-order valence-corrected chi connectivity index (χ0v) is 14.9. The molecule has 126 valence electrons.